The summed E-state index contributed by atoms with van der Waals surface area (Å²) >= 11 is 0. The molecule has 0 aromatic rings. The van der Waals surface area contributed by atoms with Crippen LogP contribution < -0.4 is 5.11 Å². The van der Waals surface area contributed by atoms with Crippen LogP contribution in [0.25, 0.3) is 0 Å². The van der Waals surface area contributed by atoms with Crippen LogP contribution in [0.1, 0.15) is 174 Å². The van der Waals surface area contributed by atoms with Gasteiger partial charge in [0.05, 0.1) is 40.3 Å². The smallest absolute Gasteiger partial charge is 0.306 e. The number of carbonyl (C=O) groups excluding carboxylic acids is 3. The summed E-state index contributed by atoms with van der Waals surface area (Å²) in [6, 6.07) is 0. The molecule has 9 heteroatoms. The Morgan fingerprint density at radius 2 is 1.02 bits per heavy atom. The number of hydrogen-bond acceptors (Lipinski definition) is 8. The van der Waals surface area contributed by atoms with Crippen molar-refractivity contribution in [3.63, 3.8) is 0 Å². The zero-order chi connectivity index (χ0) is 41.4. The molecule has 0 radical (unpaired) electrons. The highest BCUT2D eigenvalue weighted by molar-refractivity contribution is 5.70. The van der Waals surface area contributed by atoms with Gasteiger partial charge in [0.2, 0.25) is 0 Å². The molecule has 2 unspecified atom stereocenters. The van der Waals surface area contributed by atoms with Crippen molar-refractivity contribution in [3.8, 4) is 0 Å². The van der Waals surface area contributed by atoms with E-state index in [-0.39, 0.29) is 38.6 Å². The molecule has 324 valence electrons. The van der Waals surface area contributed by atoms with E-state index in [1.54, 1.807) is 0 Å². The third-order valence-electron chi connectivity index (χ3n) is 9.34. The quantitative estimate of drug-likeness (QED) is 0.0198. The van der Waals surface area contributed by atoms with Gasteiger partial charge in [0.25, 0.3) is 0 Å². The van der Waals surface area contributed by atoms with E-state index in [2.05, 4.69) is 62.5 Å². The first-order valence-corrected chi connectivity index (χ1v) is 22.3. The molecule has 0 aromatic heterocycles. The average molecular weight is 790 g/mol. The lowest BCUT2D eigenvalue weighted by atomic mass is 10.0. The fourth-order valence-electron chi connectivity index (χ4n) is 5.88. The predicted molar refractivity (Wildman–Crippen MR) is 228 cm³/mol. The molecule has 0 aliphatic heterocycles. The Morgan fingerprint density at radius 1 is 0.554 bits per heavy atom. The highest BCUT2D eigenvalue weighted by Gasteiger charge is 2.21. The summed E-state index contributed by atoms with van der Waals surface area (Å²) in [6.07, 6.45) is 41.4. The number of ether oxygens (including phenoxy) is 4. The van der Waals surface area contributed by atoms with Crippen molar-refractivity contribution in [2.24, 2.45) is 0 Å². The first-order valence-electron chi connectivity index (χ1n) is 22.3. The van der Waals surface area contributed by atoms with Crippen LogP contribution in [0, 0.1) is 0 Å². The van der Waals surface area contributed by atoms with E-state index in [1.807, 2.05) is 21.1 Å². The van der Waals surface area contributed by atoms with Crippen LogP contribution in [0.4, 0.5) is 0 Å². The van der Waals surface area contributed by atoms with Crippen molar-refractivity contribution in [3.05, 3.63) is 48.6 Å². The molecule has 0 N–H and O–H groups in total. The van der Waals surface area contributed by atoms with Crippen LogP contribution in [0.15, 0.2) is 48.6 Å². The number of carboxylic acids is 1. The second-order valence-electron chi connectivity index (χ2n) is 16.0. The number of likely N-dealkylation sites (N-methyl/N-ethyl adjacent to an activating group) is 1. The molecule has 0 bridgehead atoms. The molecular formula is C47H83NO8. The Bertz CT molecular complexity index is 1060. The Kier molecular flexibility index (Phi) is 37.2. The number of esters is 2. The number of allylic oxidation sites excluding steroid dienone is 8. The number of rotatable bonds is 40. The van der Waals surface area contributed by atoms with Crippen molar-refractivity contribution in [2.45, 2.75) is 187 Å². The molecule has 0 rings (SSSR count). The molecule has 0 fully saturated rings. The van der Waals surface area contributed by atoms with E-state index in [4.69, 9.17) is 18.9 Å². The highest BCUT2D eigenvalue weighted by Crippen LogP contribution is 2.14. The summed E-state index contributed by atoms with van der Waals surface area (Å²) in [4.78, 5) is 36.9. The van der Waals surface area contributed by atoms with Crippen LogP contribution in [-0.4, -0.2) is 82.3 Å². The van der Waals surface area contributed by atoms with Crippen molar-refractivity contribution >= 4 is 17.9 Å². The Morgan fingerprint density at radius 3 is 1.52 bits per heavy atom. The average Bonchev–Trinajstić information content (AvgIpc) is 3.15. The van der Waals surface area contributed by atoms with E-state index in [1.165, 1.54) is 57.8 Å². The van der Waals surface area contributed by atoms with E-state index < -0.39 is 24.3 Å². The van der Waals surface area contributed by atoms with E-state index in [0.29, 0.717) is 17.4 Å². The summed E-state index contributed by atoms with van der Waals surface area (Å²) < 4.78 is 22.5. The van der Waals surface area contributed by atoms with Crippen molar-refractivity contribution in [2.75, 3.05) is 47.5 Å². The first kappa shape index (κ1) is 53.2. The van der Waals surface area contributed by atoms with Crippen molar-refractivity contribution in [1.82, 2.24) is 0 Å². The van der Waals surface area contributed by atoms with Gasteiger partial charge in [-0.1, -0.05) is 159 Å². The number of aliphatic carboxylic acids is 1. The minimum atomic E-state index is -1.62. The molecule has 0 aliphatic rings. The van der Waals surface area contributed by atoms with Gasteiger partial charge in [-0.2, -0.15) is 0 Å². The number of unbranched alkanes of at least 4 members (excludes halogenated alkanes) is 17. The van der Waals surface area contributed by atoms with Crippen LogP contribution in [-0.2, 0) is 33.3 Å². The van der Waals surface area contributed by atoms with Gasteiger partial charge < -0.3 is 33.3 Å². The largest absolute Gasteiger partial charge is 0.545 e. The number of carboxylic acid groups (broad SMARTS) is 1. The maximum atomic E-state index is 12.7. The topological polar surface area (TPSA) is 111 Å². The molecule has 0 aromatic carbocycles. The Balaban J connectivity index is 4.46. The lowest BCUT2D eigenvalue weighted by Crippen LogP contribution is -2.44. The fourth-order valence-corrected chi connectivity index (χ4v) is 5.88. The van der Waals surface area contributed by atoms with Crippen molar-refractivity contribution < 1.29 is 42.9 Å². The summed E-state index contributed by atoms with van der Waals surface area (Å²) in [5.41, 5.74) is 0. The summed E-state index contributed by atoms with van der Waals surface area (Å²) in [6.45, 7) is 4.60. The molecule has 2 atom stereocenters. The lowest BCUT2D eigenvalue weighted by molar-refractivity contribution is -0.870. The zero-order valence-electron chi connectivity index (χ0n) is 36.5. The number of quaternary nitrogens is 1. The van der Waals surface area contributed by atoms with Gasteiger partial charge >= 0.3 is 11.9 Å². The van der Waals surface area contributed by atoms with Crippen LogP contribution >= 0.6 is 0 Å². The minimum Gasteiger partial charge on any atom is -0.545 e. The maximum absolute atomic E-state index is 12.7. The molecule has 0 amide bonds. The van der Waals surface area contributed by atoms with E-state index >= 15 is 0 Å². The molecular weight excluding hydrogens is 707 g/mol. The van der Waals surface area contributed by atoms with Crippen LogP contribution in [0.3, 0.4) is 0 Å². The third kappa shape index (κ3) is 39.5. The second kappa shape index (κ2) is 39.1. The number of carbonyl (C=O) groups is 3. The molecule has 9 nitrogen and oxygen atoms in total. The SMILES string of the molecule is CC/C=C\C/C=C\C/C=C\C/C=C\CCCCCCCCC(=O)OC(COC(=O)CCCCCCCCCCCCCC)COC(OCC[N+](C)(C)C)C(=O)[O-]. The van der Waals surface area contributed by atoms with Crippen LogP contribution in [0.5, 0.6) is 0 Å². The second-order valence-corrected chi connectivity index (χ2v) is 16.0. The maximum Gasteiger partial charge on any atom is 0.306 e. The first-order chi connectivity index (χ1) is 27.1. The third-order valence-corrected chi connectivity index (χ3v) is 9.34. The van der Waals surface area contributed by atoms with E-state index in [9.17, 15) is 19.5 Å². The molecule has 0 heterocycles. The van der Waals surface area contributed by atoms with Gasteiger partial charge in [0.1, 0.15) is 13.2 Å². The van der Waals surface area contributed by atoms with E-state index in [0.717, 1.165) is 83.5 Å². The van der Waals surface area contributed by atoms with Crippen LogP contribution in [0.2, 0.25) is 0 Å². The van der Waals surface area contributed by atoms with Gasteiger partial charge in [-0.05, 0) is 51.4 Å². The monoisotopic (exact) mass is 790 g/mol. The van der Waals surface area contributed by atoms with Gasteiger partial charge in [0.15, 0.2) is 12.4 Å². The number of nitrogens with zero attached hydrogens (tertiary/aromatic N) is 1. The van der Waals surface area contributed by atoms with Crippen molar-refractivity contribution in [1.29, 1.82) is 0 Å². The summed E-state index contributed by atoms with van der Waals surface area (Å²) in [5.74, 6) is -2.31. The van der Waals surface area contributed by atoms with Gasteiger partial charge in [-0.15, -0.1) is 0 Å². The normalized spacial score (nSPS) is 13.4. The van der Waals surface area contributed by atoms with Gasteiger partial charge in [-0.25, -0.2) is 0 Å². The molecule has 0 spiro atoms. The van der Waals surface area contributed by atoms with Gasteiger partial charge in [0, 0.05) is 12.8 Å². The standard InChI is InChI=1S/C47H83NO8/c1-6-8-10-12-14-16-18-20-21-22-23-24-25-26-28-30-32-34-36-38-45(50)56-43(42-55-47(46(51)52)53-40-39-48(3,4)5)41-54-44(49)37-35-33-31-29-27-19-17-15-13-11-9-7-2/h8,10,14,16,20-21,23-24,43,47H,6-7,9,11-13,15,17-19,22,25-42H2,1-5H3/b10-8-,16-14-,21-20-,24-23-. The molecule has 56 heavy (non-hydrogen) atoms. The van der Waals surface area contributed by atoms with Gasteiger partial charge in [-0.3, -0.25) is 9.59 Å². The summed E-state index contributed by atoms with van der Waals surface area (Å²) in [7, 11) is 5.90. The lowest BCUT2D eigenvalue weighted by Gasteiger charge is -2.26. The zero-order valence-corrected chi connectivity index (χ0v) is 36.5. The highest BCUT2D eigenvalue weighted by atomic mass is 16.7. The number of hydrogen-bond donors (Lipinski definition) is 0. The molecule has 0 saturated carbocycles. The minimum absolute atomic E-state index is 0.144. The Labute approximate surface area is 342 Å². The fraction of sp³-hybridized carbons (Fsp3) is 0.766. The predicted octanol–water partition coefficient (Wildman–Crippen LogP) is 10.3. The summed E-state index contributed by atoms with van der Waals surface area (Å²) in [5, 5.41) is 11.7. The molecule has 0 saturated heterocycles. The Hall–Kier alpha value is -2.75. The molecule has 0 aliphatic carbocycles.